The van der Waals surface area contributed by atoms with Gasteiger partial charge in [-0.15, -0.1) is 0 Å². The molecule has 232 valence electrons. The molecule has 1 atom stereocenters. The molecule has 8 nitrogen and oxygen atoms in total. The Balaban J connectivity index is 1.47. The zero-order chi connectivity index (χ0) is 30.5. The summed E-state index contributed by atoms with van der Waals surface area (Å²) in [7, 11) is 0. The zero-order valence-corrected chi connectivity index (χ0v) is 25.1. The van der Waals surface area contributed by atoms with Gasteiger partial charge in [-0.1, -0.05) is 112 Å². The van der Waals surface area contributed by atoms with Crippen LogP contribution in [-0.4, -0.2) is 47.3 Å². The molecule has 0 saturated carbocycles. The third-order valence-electron chi connectivity index (χ3n) is 7.45. The number of amides is 2. The summed E-state index contributed by atoms with van der Waals surface area (Å²) in [6.45, 7) is 3.05. The minimum Gasteiger partial charge on any atom is -0.487 e. The third kappa shape index (κ3) is 13.8. The number of carbonyl (C=O) groups excluding carboxylic acids is 1. The van der Waals surface area contributed by atoms with Gasteiger partial charge in [0.15, 0.2) is 0 Å². The summed E-state index contributed by atoms with van der Waals surface area (Å²) in [5.41, 5.74) is 3.51. The van der Waals surface area contributed by atoms with Crippen LogP contribution in [0.3, 0.4) is 0 Å². The second-order valence-corrected chi connectivity index (χ2v) is 10.9. The summed E-state index contributed by atoms with van der Waals surface area (Å²) in [5, 5.41) is 25.0. The quantitative estimate of drug-likeness (QED) is 0.0732. The molecule has 0 fully saturated rings. The highest BCUT2D eigenvalue weighted by atomic mass is 16.5. The number of ether oxygens (including phenoxy) is 1. The Kier molecular flexibility index (Phi) is 15.7. The number of hydrogen-bond acceptors (Lipinski definition) is 5. The van der Waals surface area contributed by atoms with E-state index in [1.54, 1.807) is 6.07 Å². The van der Waals surface area contributed by atoms with Gasteiger partial charge in [0, 0.05) is 19.6 Å². The Bertz CT molecular complexity index is 1190. The van der Waals surface area contributed by atoms with Crippen molar-refractivity contribution in [2.24, 2.45) is 0 Å². The zero-order valence-electron chi connectivity index (χ0n) is 25.1. The predicted octanol–water partition coefficient (Wildman–Crippen LogP) is 7.15. The summed E-state index contributed by atoms with van der Waals surface area (Å²) < 4.78 is 5.97. The highest BCUT2D eigenvalue weighted by Crippen LogP contribution is 2.29. The van der Waals surface area contributed by atoms with Crippen molar-refractivity contribution in [1.82, 2.24) is 10.2 Å². The van der Waals surface area contributed by atoms with E-state index in [4.69, 9.17) is 9.84 Å². The fourth-order valence-corrected chi connectivity index (χ4v) is 5.11. The number of carboxylic acid groups (broad SMARTS) is 1. The van der Waals surface area contributed by atoms with E-state index in [1.165, 1.54) is 31.2 Å². The maximum Gasteiger partial charge on any atom is 0.404 e. The Morgan fingerprint density at radius 3 is 2.05 bits per heavy atom. The van der Waals surface area contributed by atoms with Crippen molar-refractivity contribution in [1.29, 1.82) is 0 Å². The van der Waals surface area contributed by atoms with Crippen LogP contribution >= 0.6 is 0 Å². The van der Waals surface area contributed by atoms with E-state index in [2.05, 4.69) is 27.7 Å². The normalized spacial score (nSPS) is 11.7. The Morgan fingerprint density at radius 1 is 0.814 bits per heavy atom. The first-order valence-corrected chi connectivity index (χ1v) is 15.5. The van der Waals surface area contributed by atoms with Crippen molar-refractivity contribution in [2.45, 2.75) is 77.0 Å². The molecular formula is C35H47N3O5. The van der Waals surface area contributed by atoms with Gasteiger partial charge in [-0.25, -0.2) is 4.79 Å². The minimum absolute atomic E-state index is 0.382. The number of nitrogens with zero attached hydrogens (tertiary/aromatic N) is 1. The van der Waals surface area contributed by atoms with Crippen LogP contribution in [0.1, 0.15) is 80.6 Å². The fraction of sp³-hybridized carbons (Fsp3) is 0.429. The lowest BCUT2D eigenvalue weighted by molar-refractivity contribution is -0.105. The Hall–Kier alpha value is -3.88. The van der Waals surface area contributed by atoms with E-state index in [9.17, 15) is 14.7 Å². The number of unbranched alkanes of at least 4 members (excludes halogenated alkanes) is 8. The number of anilines is 1. The lowest BCUT2D eigenvalue weighted by Gasteiger charge is -2.26. The smallest absolute Gasteiger partial charge is 0.404 e. The number of aliphatic hydroxyl groups excluding tert-OH is 1. The molecule has 3 aromatic rings. The van der Waals surface area contributed by atoms with Gasteiger partial charge in [-0.2, -0.15) is 0 Å². The van der Waals surface area contributed by atoms with E-state index in [1.807, 2.05) is 60.7 Å². The molecule has 2 amide bonds. The van der Waals surface area contributed by atoms with E-state index in [0.29, 0.717) is 37.5 Å². The molecule has 0 aliphatic heterocycles. The number of nitrogens with one attached hydrogen (secondary N) is 2. The summed E-state index contributed by atoms with van der Waals surface area (Å²) in [6, 6.07) is 25.6. The van der Waals surface area contributed by atoms with Crippen molar-refractivity contribution in [2.75, 3.05) is 25.0 Å². The largest absolute Gasteiger partial charge is 0.487 e. The van der Waals surface area contributed by atoms with Crippen molar-refractivity contribution < 1.29 is 24.5 Å². The van der Waals surface area contributed by atoms with Gasteiger partial charge in [-0.3, -0.25) is 9.69 Å². The third-order valence-corrected chi connectivity index (χ3v) is 7.45. The molecule has 0 aromatic heterocycles. The van der Waals surface area contributed by atoms with Crippen LogP contribution < -0.4 is 15.4 Å². The van der Waals surface area contributed by atoms with E-state index < -0.39 is 12.2 Å². The van der Waals surface area contributed by atoms with E-state index in [0.717, 1.165) is 56.3 Å². The number of rotatable bonds is 22. The van der Waals surface area contributed by atoms with Gasteiger partial charge in [0.1, 0.15) is 12.4 Å². The van der Waals surface area contributed by atoms with Gasteiger partial charge in [0.25, 0.3) is 0 Å². The van der Waals surface area contributed by atoms with Crippen molar-refractivity contribution >= 4 is 18.2 Å². The summed E-state index contributed by atoms with van der Waals surface area (Å²) >= 11 is 0. The number of aliphatic hydroxyl groups is 1. The molecule has 0 radical (unpaired) electrons. The van der Waals surface area contributed by atoms with Crippen LogP contribution in [0, 0.1) is 0 Å². The van der Waals surface area contributed by atoms with Gasteiger partial charge >= 0.3 is 6.09 Å². The maximum atomic E-state index is 11.3. The molecule has 1 unspecified atom stereocenters. The molecule has 0 aliphatic rings. The van der Waals surface area contributed by atoms with Crippen molar-refractivity contribution in [3.63, 3.8) is 0 Å². The molecular weight excluding hydrogens is 542 g/mol. The van der Waals surface area contributed by atoms with Crippen LogP contribution in [0.15, 0.2) is 78.9 Å². The Morgan fingerprint density at radius 2 is 1.42 bits per heavy atom. The lowest BCUT2D eigenvalue weighted by atomic mass is 10.1. The van der Waals surface area contributed by atoms with Gasteiger partial charge in [-0.05, 0) is 48.2 Å². The molecule has 43 heavy (non-hydrogen) atoms. The SMILES string of the molecule is O=CNc1cc(C(O)CN(CCCCCCCCCCCNC(=O)O)Cc2ccccc2)ccc1OCc1ccccc1. The van der Waals surface area contributed by atoms with Crippen molar-refractivity contribution in [3.05, 3.63) is 95.6 Å². The van der Waals surface area contributed by atoms with E-state index >= 15 is 0 Å². The first-order valence-electron chi connectivity index (χ1n) is 15.5. The molecule has 3 aromatic carbocycles. The van der Waals surface area contributed by atoms with Crippen LogP contribution in [0.4, 0.5) is 10.5 Å². The standard InChI is InChI=1S/C35H47N3O5/c39-28-37-32-24-31(20-21-34(32)43-27-30-18-12-9-13-19-30)33(40)26-38(25-29-16-10-8-11-17-29)23-15-7-5-3-1-2-4-6-14-22-36-35(41)42/h8-13,16-21,24,28,33,36,40H,1-7,14-15,22-23,25-27H2,(H,37,39)(H,41,42). The first kappa shape index (κ1) is 33.6. The van der Waals surface area contributed by atoms with Crippen LogP contribution in [0.25, 0.3) is 0 Å². The maximum absolute atomic E-state index is 11.3. The average Bonchev–Trinajstić information content (AvgIpc) is 3.01. The van der Waals surface area contributed by atoms with Gasteiger partial charge in [0.05, 0.1) is 11.8 Å². The monoisotopic (exact) mass is 589 g/mol. The highest BCUT2D eigenvalue weighted by molar-refractivity contribution is 5.76. The fourth-order valence-electron chi connectivity index (χ4n) is 5.11. The van der Waals surface area contributed by atoms with Gasteiger partial charge < -0.3 is 25.6 Å². The molecule has 3 rings (SSSR count). The first-order chi connectivity index (χ1) is 21.0. The lowest BCUT2D eigenvalue weighted by Crippen LogP contribution is -2.29. The molecule has 8 heteroatoms. The molecule has 0 saturated heterocycles. The highest BCUT2D eigenvalue weighted by Gasteiger charge is 2.16. The predicted molar refractivity (Wildman–Crippen MR) is 171 cm³/mol. The second-order valence-electron chi connectivity index (χ2n) is 10.9. The van der Waals surface area contributed by atoms with Crippen LogP contribution in [0.5, 0.6) is 5.75 Å². The van der Waals surface area contributed by atoms with Crippen molar-refractivity contribution in [3.8, 4) is 5.75 Å². The summed E-state index contributed by atoms with van der Waals surface area (Å²) in [5.74, 6) is 0.559. The number of hydrogen-bond donors (Lipinski definition) is 4. The van der Waals surface area contributed by atoms with Crippen LogP contribution in [0.2, 0.25) is 0 Å². The van der Waals surface area contributed by atoms with E-state index in [-0.39, 0.29) is 0 Å². The molecule has 0 heterocycles. The molecule has 0 spiro atoms. The molecule has 0 bridgehead atoms. The topological polar surface area (TPSA) is 111 Å². The van der Waals surface area contributed by atoms with Crippen LogP contribution in [-0.2, 0) is 17.9 Å². The average molecular weight is 590 g/mol. The number of benzene rings is 3. The molecule has 4 N–H and O–H groups in total. The summed E-state index contributed by atoms with van der Waals surface area (Å²) in [6.07, 6.45) is 9.07. The Labute approximate surface area is 256 Å². The van der Waals surface area contributed by atoms with Gasteiger partial charge in [0.2, 0.25) is 6.41 Å². The second kappa shape index (κ2) is 20.1. The molecule has 0 aliphatic carbocycles. The summed E-state index contributed by atoms with van der Waals surface area (Å²) in [4.78, 5) is 24.1. The number of carbonyl (C=O) groups is 2. The minimum atomic E-state index is -0.947.